The SMILES string of the molecule is CCC(C#N)C(=O)NCCC1CCCC1. The summed E-state index contributed by atoms with van der Waals surface area (Å²) in [6.07, 6.45) is 6.98. The van der Waals surface area contributed by atoms with E-state index in [9.17, 15) is 4.79 Å². The van der Waals surface area contributed by atoms with Crippen LogP contribution in [0.15, 0.2) is 0 Å². The summed E-state index contributed by atoms with van der Waals surface area (Å²) in [6.45, 7) is 2.60. The monoisotopic (exact) mass is 208 g/mol. The molecule has 1 aliphatic carbocycles. The van der Waals surface area contributed by atoms with E-state index in [0.29, 0.717) is 6.42 Å². The maximum atomic E-state index is 11.4. The van der Waals surface area contributed by atoms with Gasteiger partial charge in [0.1, 0.15) is 5.92 Å². The zero-order valence-electron chi connectivity index (χ0n) is 9.46. The van der Waals surface area contributed by atoms with Crippen molar-refractivity contribution in [1.29, 1.82) is 5.26 Å². The number of rotatable bonds is 5. The molecule has 1 aliphatic rings. The number of carbonyl (C=O) groups excluding carboxylic acids is 1. The highest BCUT2D eigenvalue weighted by Gasteiger charge is 2.17. The van der Waals surface area contributed by atoms with Gasteiger partial charge in [0.2, 0.25) is 5.91 Å². The lowest BCUT2D eigenvalue weighted by atomic mass is 10.0. The first-order chi connectivity index (χ1) is 7.27. The molecule has 84 valence electrons. The molecule has 0 aromatic heterocycles. The summed E-state index contributed by atoms with van der Waals surface area (Å²) >= 11 is 0. The van der Waals surface area contributed by atoms with Gasteiger partial charge in [-0.15, -0.1) is 0 Å². The van der Waals surface area contributed by atoms with E-state index in [1.165, 1.54) is 25.7 Å². The van der Waals surface area contributed by atoms with E-state index in [1.54, 1.807) is 0 Å². The second kappa shape index (κ2) is 6.44. The zero-order valence-corrected chi connectivity index (χ0v) is 9.46. The fraction of sp³-hybridized carbons (Fsp3) is 0.833. The molecular weight excluding hydrogens is 188 g/mol. The van der Waals surface area contributed by atoms with Crippen LogP contribution in [-0.4, -0.2) is 12.5 Å². The van der Waals surface area contributed by atoms with Gasteiger partial charge in [0.05, 0.1) is 6.07 Å². The molecule has 3 nitrogen and oxygen atoms in total. The summed E-state index contributed by atoms with van der Waals surface area (Å²) in [4.78, 5) is 11.4. The molecule has 1 atom stereocenters. The molecular formula is C12H20N2O. The van der Waals surface area contributed by atoms with E-state index in [1.807, 2.05) is 13.0 Å². The minimum Gasteiger partial charge on any atom is -0.355 e. The third-order valence-corrected chi connectivity index (χ3v) is 3.21. The summed E-state index contributed by atoms with van der Waals surface area (Å²) < 4.78 is 0. The number of amides is 1. The molecule has 1 saturated carbocycles. The molecule has 0 aromatic rings. The highest BCUT2D eigenvalue weighted by atomic mass is 16.1. The number of carbonyl (C=O) groups is 1. The zero-order chi connectivity index (χ0) is 11.1. The van der Waals surface area contributed by atoms with Crippen molar-refractivity contribution in [2.75, 3.05) is 6.54 Å². The fourth-order valence-electron chi connectivity index (χ4n) is 2.16. The Labute approximate surface area is 91.9 Å². The van der Waals surface area contributed by atoms with Crippen LogP contribution in [0.5, 0.6) is 0 Å². The van der Waals surface area contributed by atoms with Crippen molar-refractivity contribution in [2.45, 2.75) is 45.4 Å². The van der Waals surface area contributed by atoms with Gasteiger partial charge in [-0.3, -0.25) is 4.79 Å². The highest BCUT2D eigenvalue weighted by Crippen LogP contribution is 2.26. The fourth-order valence-corrected chi connectivity index (χ4v) is 2.16. The van der Waals surface area contributed by atoms with Crippen molar-refractivity contribution in [3.05, 3.63) is 0 Å². The molecule has 3 heteroatoms. The summed E-state index contributed by atoms with van der Waals surface area (Å²) in [5.41, 5.74) is 0. The summed E-state index contributed by atoms with van der Waals surface area (Å²) in [5.74, 6) is 0.235. The van der Waals surface area contributed by atoms with Gasteiger partial charge >= 0.3 is 0 Å². The van der Waals surface area contributed by atoms with Crippen molar-refractivity contribution < 1.29 is 4.79 Å². The smallest absolute Gasteiger partial charge is 0.237 e. The van der Waals surface area contributed by atoms with E-state index in [-0.39, 0.29) is 5.91 Å². The quantitative estimate of drug-likeness (QED) is 0.753. The lowest BCUT2D eigenvalue weighted by molar-refractivity contribution is -0.123. The van der Waals surface area contributed by atoms with Crippen LogP contribution in [0.3, 0.4) is 0 Å². The minimum absolute atomic E-state index is 0.0991. The number of nitriles is 1. The van der Waals surface area contributed by atoms with E-state index >= 15 is 0 Å². The molecule has 0 saturated heterocycles. The van der Waals surface area contributed by atoms with Gasteiger partial charge in [0.25, 0.3) is 0 Å². The van der Waals surface area contributed by atoms with Gasteiger partial charge in [-0.2, -0.15) is 5.26 Å². The molecule has 1 N–H and O–H groups in total. The number of nitrogens with zero attached hydrogens (tertiary/aromatic N) is 1. The number of hydrogen-bond acceptors (Lipinski definition) is 2. The molecule has 0 aromatic carbocycles. The minimum atomic E-state index is -0.464. The third kappa shape index (κ3) is 3.91. The van der Waals surface area contributed by atoms with Crippen molar-refractivity contribution in [2.24, 2.45) is 11.8 Å². The van der Waals surface area contributed by atoms with Crippen LogP contribution in [-0.2, 0) is 4.79 Å². The Bertz CT molecular complexity index is 238. The average molecular weight is 208 g/mol. The van der Waals surface area contributed by atoms with E-state index < -0.39 is 5.92 Å². The van der Waals surface area contributed by atoms with Crippen molar-refractivity contribution in [3.8, 4) is 6.07 Å². The molecule has 0 radical (unpaired) electrons. The first-order valence-electron chi connectivity index (χ1n) is 5.95. The van der Waals surface area contributed by atoms with Crippen LogP contribution < -0.4 is 5.32 Å². The van der Waals surface area contributed by atoms with Crippen LogP contribution >= 0.6 is 0 Å². The Morgan fingerprint density at radius 3 is 2.73 bits per heavy atom. The van der Waals surface area contributed by atoms with Crippen molar-refractivity contribution in [3.63, 3.8) is 0 Å². The van der Waals surface area contributed by atoms with Crippen LogP contribution in [0.2, 0.25) is 0 Å². The summed E-state index contributed by atoms with van der Waals surface area (Å²) in [7, 11) is 0. The summed E-state index contributed by atoms with van der Waals surface area (Å²) in [6, 6.07) is 2.02. The molecule has 1 amide bonds. The molecule has 0 heterocycles. The Morgan fingerprint density at radius 1 is 1.53 bits per heavy atom. The molecule has 0 spiro atoms. The third-order valence-electron chi connectivity index (χ3n) is 3.21. The first-order valence-corrected chi connectivity index (χ1v) is 5.95. The Hall–Kier alpha value is -1.04. The maximum Gasteiger partial charge on any atom is 0.237 e. The highest BCUT2D eigenvalue weighted by molar-refractivity contribution is 5.80. The largest absolute Gasteiger partial charge is 0.355 e. The Kier molecular flexibility index (Phi) is 5.17. The van der Waals surface area contributed by atoms with Gasteiger partial charge in [0, 0.05) is 6.54 Å². The Morgan fingerprint density at radius 2 is 2.20 bits per heavy atom. The van der Waals surface area contributed by atoms with Gasteiger partial charge in [-0.25, -0.2) is 0 Å². The lowest BCUT2D eigenvalue weighted by Gasteiger charge is -2.11. The maximum absolute atomic E-state index is 11.4. The van der Waals surface area contributed by atoms with Crippen LogP contribution in [0, 0.1) is 23.2 Å². The topological polar surface area (TPSA) is 52.9 Å². The predicted octanol–water partition coefficient (Wildman–Crippen LogP) is 2.23. The van der Waals surface area contributed by atoms with E-state index in [0.717, 1.165) is 18.9 Å². The Balaban J connectivity index is 2.13. The molecule has 15 heavy (non-hydrogen) atoms. The number of hydrogen-bond donors (Lipinski definition) is 1. The first kappa shape index (κ1) is 12.0. The van der Waals surface area contributed by atoms with Crippen molar-refractivity contribution >= 4 is 5.91 Å². The van der Waals surface area contributed by atoms with E-state index in [2.05, 4.69) is 5.32 Å². The second-order valence-corrected chi connectivity index (χ2v) is 4.32. The van der Waals surface area contributed by atoms with Crippen LogP contribution in [0.1, 0.15) is 45.4 Å². The molecule has 0 bridgehead atoms. The van der Waals surface area contributed by atoms with Gasteiger partial charge in [-0.1, -0.05) is 32.6 Å². The van der Waals surface area contributed by atoms with Crippen LogP contribution in [0.25, 0.3) is 0 Å². The van der Waals surface area contributed by atoms with Gasteiger partial charge < -0.3 is 5.32 Å². The second-order valence-electron chi connectivity index (χ2n) is 4.32. The van der Waals surface area contributed by atoms with E-state index in [4.69, 9.17) is 5.26 Å². The summed E-state index contributed by atoms with van der Waals surface area (Å²) in [5, 5.41) is 11.5. The van der Waals surface area contributed by atoms with Crippen molar-refractivity contribution in [1.82, 2.24) is 5.32 Å². The lowest BCUT2D eigenvalue weighted by Crippen LogP contribution is -2.31. The molecule has 0 aliphatic heterocycles. The average Bonchev–Trinajstić information content (AvgIpc) is 2.72. The molecule has 1 fully saturated rings. The molecule has 1 unspecified atom stereocenters. The van der Waals surface area contributed by atoms with Gasteiger partial charge in [0.15, 0.2) is 0 Å². The van der Waals surface area contributed by atoms with Gasteiger partial charge in [-0.05, 0) is 18.8 Å². The molecule has 1 rings (SSSR count). The predicted molar refractivity (Wildman–Crippen MR) is 59.0 cm³/mol. The number of nitrogens with one attached hydrogen (secondary N) is 1. The van der Waals surface area contributed by atoms with Crippen LogP contribution in [0.4, 0.5) is 0 Å². The normalized spacial score (nSPS) is 18.4. The standard InChI is InChI=1S/C12H20N2O/c1-2-11(9-13)12(15)14-8-7-10-5-3-4-6-10/h10-11H,2-8H2,1H3,(H,14,15).